The van der Waals surface area contributed by atoms with Crippen LogP contribution in [0.25, 0.3) is 0 Å². The number of carbonyl (C=O) groups excluding carboxylic acids is 2. The molecule has 2 aromatic rings. The molecular formula is C22H22ClN3O3. The van der Waals surface area contributed by atoms with E-state index in [1.54, 1.807) is 25.3 Å². The van der Waals surface area contributed by atoms with Crippen molar-refractivity contribution < 1.29 is 14.3 Å². The van der Waals surface area contributed by atoms with Crippen LogP contribution in [0.1, 0.15) is 24.8 Å². The number of benzene rings is 2. The monoisotopic (exact) mass is 411 g/mol. The lowest BCUT2D eigenvalue weighted by atomic mass is 9.78. The maximum Gasteiger partial charge on any atom is 0.250 e. The van der Waals surface area contributed by atoms with Gasteiger partial charge in [-0.3, -0.25) is 14.5 Å². The van der Waals surface area contributed by atoms with E-state index < -0.39 is 11.5 Å². The molecule has 0 aromatic heterocycles. The van der Waals surface area contributed by atoms with Gasteiger partial charge in [0.05, 0.1) is 18.7 Å². The van der Waals surface area contributed by atoms with Gasteiger partial charge < -0.3 is 15.4 Å². The maximum absolute atomic E-state index is 13.5. The number of methoxy groups -OCH3 is 1. The van der Waals surface area contributed by atoms with E-state index in [0.29, 0.717) is 22.9 Å². The number of nitrogens with zero attached hydrogens (tertiary/aromatic N) is 1. The third-order valence-corrected chi connectivity index (χ3v) is 6.75. The van der Waals surface area contributed by atoms with E-state index in [0.717, 1.165) is 30.6 Å². The van der Waals surface area contributed by atoms with Gasteiger partial charge in [-0.2, -0.15) is 0 Å². The molecule has 5 rings (SSSR count). The topological polar surface area (TPSA) is 70.7 Å². The lowest BCUT2D eigenvalue weighted by Crippen LogP contribution is -2.53. The first-order chi connectivity index (χ1) is 14.1. The van der Waals surface area contributed by atoms with Gasteiger partial charge in [0.1, 0.15) is 11.3 Å². The summed E-state index contributed by atoms with van der Waals surface area (Å²) >= 11 is 6.13. The van der Waals surface area contributed by atoms with Crippen LogP contribution in [0.5, 0.6) is 5.75 Å². The molecule has 2 fully saturated rings. The Labute approximate surface area is 174 Å². The predicted octanol–water partition coefficient (Wildman–Crippen LogP) is 3.62. The summed E-state index contributed by atoms with van der Waals surface area (Å²) in [6.45, 7) is 0.816. The molecule has 7 heteroatoms. The molecule has 2 saturated heterocycles. The van der Waals surface area contributed by atoms with Gasteiger partial charge in [0.2, 0.25) is 11.8 Å². The Hall–Kier alpha value is -2.57. The molecule has 3 aliphatic heterocycles. The molecule has 3 heterocycles. The van der Waals surface area contributed by atoms with E-state index in [9.17, 15) is 9.59 Å². The summed E-state index contributed by atoms with van der Waals surface area (Å²) in [5, 5.41) is 6.50. The van der Waals surface area contributed by atoms with Crippen LogP contribution in [0.3, 0.4) is 0 Å². The predicted molar refractivity (Wildman–Crippen MR) is 111 cm³/mol. The van der Waals surface area contributed by atoms with Gasteiger partial charge in [-0.05, 0) is 50.1 Å². The van der Waals surface area contributed by atoms with Crippen LogP contribution in [-0.2, 0) is 15.1 Å². The molecule has 2 aromatic carbocycles. The van der Waals surface area contributed by atoms with Crippen LogP contribution in [-0.4, -0.2) is 36.4 Å². The van der Waals surface area contributed by atoms with Crippen LogP contribution in [0, 0.1) is 5.92 Å². The lowest BCUT2D eigenvalue weighted by Gasteiger charge is -2.36. The second kappa shape index (κ2) is 6.75. The zero-order valence-electron chi connectivity index (χ0n) is 16.1. The fourth-order valence-electron chi connectivity index (χ4n) is 5.38. The zero-order chi connectivity index (χ0) is 20.2. The summed E-state index contributed by atoms with van der Waals surface area (Å²) in [6, 6.07) is 13.0. The summed E-state index contributed by atoms with van der Waals surface area (Å²) < 4.78 is 5.37. The molecule has 150 valence electrons. The number of carbonyl (C=O) groups is 2. The van der Waals surface area contributed by atoms with Crippen molar-refractivity contribution in [1.82, 2.24) is 4.90 Å². The molecule has 29 heavy (non-hydrogen) atoms. The highest BCUT2D eigenvalue weighted by Crippen LogP contribution is 2.55. The summed E-state index contributed by atoms with van der Waals surface area (Å²) in [7, 11) is 1.55. The quantitative estimate of drug-likeness (QED) is 0.809. The molecule has 1 spiro atoms. The average molecular weight is 412 g/mol. The van der Waals surface area contributed by atoms with Crippen molar-refractivity contribution in [3.05, 3.63) is 53.1 Å². The maximum atomic E-state index is 13.5. The lowest BCUT2D eigenvalue weighted by molar-refractivity contribution is -0.135. The minimum absolute atomic E-state index is 0.110. The number of hydrogen-bond acceptors (Lipinski definition) is 4. The van der Waals surface area contributed by atoms with E-state index in [1.165, 1.54) is 0 Å². The van der Waals surface area contributed by atoms with Crippen LogP contribution in [0.4, 0.5) is 11.4 Å². The van der Waals surface area contributed by atoms with Crippen molar-refractivity contribution in [2.75, 3.05) is 24.3 Å². The molecule has 2 amide bonds. The molecule has 0 saturated carbocycles. The highest BCUT2D eigenvalue weighted by atomic mass is 35.5. The second-order valence-electron chi connectivity index (χ2n) is 7.88. The number of para-hydroxylation sites is 1. The smallest absolute Gasteiger partial charge is 0.250 e. The van der Waals surface area contributed by atoms with E-state index in [1.807, 2.05) is 24.3 Å². The first-order valence-corrected chi connectivity index (χ1v) is 10.3. The fraction of sp³-hybridized carbons (Fsp3) is 0.364. The fourth-order valence-corrected chi connectivity index (χ4v) is 5.55. The summed E-state index contributed by atoms with van der Waals surface area (Å²) in [5.74, 6) is -0.264. The molecule has 6 nitrogen and oxygen atoms in total. The number of anilines is 2. The van der Waals surface area contributed by atoms with Crippen molar-refractivity contribution in [3.63, 3.8) is 0 Å². The van der Waals surface area contributed by atoms with Gasteiger partial charge in [0.25, 0.3) is 0 Å². The first kappa shape index (κ1) is 18.5. The van der Waals surface area contributed by atoms with Crippen molar-refractivity contribution in [1.29, 1.82) is 0 Å². The third-order valence-electron chi connectivity index (χ3n) is 6.51. The Morgan fingerprint density at radius 1 is 1.31 bits per heavy atom. The van der Waals surface area contributed by atoms with E-state index >= 15 is 0 Å². The van der Waals surface area contributed by atoms with Gasteiger partial charge in [0.15, 0.2) is 0 Å². The number of rotatable bonds is 3. The largest absolute Gasteiger partial charge is 0.495 e. The van der Waals surface area contributed by atoms with Crippen LogP contribution in [0.2, 0.25) is 5.02 Å². The van der Waals surface area contributed by atoms with E-state index in [2.05, 4.69) is 15.5 Å². The second-order valence-corrected chi connectivity index (χ2v) is 8.31. The standard InChI is InChI=1S/C22H22ClN3O3/c1-29-19-9-8-13(23)11-18(19)24-20(27)16-12-14-5-4-10-26(14)22(16)15-6-2-3-7-17(15)25-21(22)28/h2-3,6-9,11,14,16H,4-5,10,12H2,1H3,(H,24,27)(H,25,28)/t14-,16-,22+/m1/s1. The molecule has 3 atom stereocenters. The summed E-state index contributed by atoms with van der Waals surface area (Å²) in [6.07, 6.45) is 2.69. The molecule has 0 bridgehead atoms. The van der Waals surface area contributed by atoms with Crippen molar-refractivity contribution in [2.45, 2.75) is 30.8 Å². The third kappa shape index (κ3) is 2.59. The van der Waals surface area contributed by atoms with Gasteiger partial charge in [-0.15, -0.1) is 0 Å². The van der Waals surface area contributed by atoms with Crippen LogP contribution < -0.4 is 15.4 Å². The Morgan fingerprint density at radius 2 is 2.14 bits per heavy atom. The zero-order valence-corrected chi connectivity index (χ0v) is 16.8. The molecule has 0 radical (unpaired) electrons. The van der Waals surface area contributed by atoms with Gasteiger partial charge in [0, 0.05) is 22.3 Å². The van der Waals surface area contributed by atoms with Crippen molar-refractivity contribution in [3.8, 4) is 5.75 Å². The first-order valence-electron chi connectivity index (χ1n) is 9.88. The number of ether oxygens (including phenoxy) is 1. The van der Waals surface area contributed by atoms with Crippen molar-refractivity contribution >= 4 is 34.8 Å². The van der Waals surface area contributed by atoms with Crippen LogP contribution >= 0.6 is 11.6 Å². The highest BCUT2D eigenvalue weighted by Gasteiger charge is 2.65. The highest BCUT2D eigenvalue weighted by molar-refractivity contribution is 6.31. The molecule has 0 aliphatic carbocycles. The Bertz CT molecular complexity index is 1010. The van der Waals surface area contributed by atoms with Gasteiger partial charge >= 0.3 is 0 Å². The minimum atomic E-state index is -0.965. The summed E-state index contributed by atoms with van der Waals surface area (Å²) in [4.78, 5) is 29.1. The molecule has 3 aliphatic rings. The Kier molecular flexibility index (Phi) is 4.29. The molecule has 0 unspecified atom stereocenters. The van der Waals surface area contributed by atoms with E-state index in [-0.39, 0.29) is 17.9 Å². The number of nitrogens with one attached hydrogen (secondary N) is 2. The van der Waals surface area contributed by atoms with Crippen LogP contribution in [0.15, 0.2) is 42.5 Å². The van der Waals surface area contributed by atoms with E-state index in [4.69, 9.17) is 16.3 Å². The summed E-state index contributed by atoms with van der Waals surface area (Å²) in [5.41, 5.74) is 1.24. The number of hydrogen-bond donors (Lipinski definition) is 2. The number of fused-ring (bicyclic) bond motifs is 4. The Balaban J connectivity index is 1.57. The molecule has 2 N–H and O–H groups in total. The minimum Gasteiger partial charge on any atom is -0.495 e. The number of halogens is 1. The van der Waals surface area contributed by atoms with Crippen molar-refractivity contribution in [2.24, 2.45) is 5.92 Å². The molecular weight excluding hydrogens is 390 g/mol. The van der Waals surface area contributed by atoms with Gasteiger partial charge in [-0.25, -0.2) is 0 Å². The van der Waals surface area contributed by atoms with Gasteiger partial charge in [-0.1, -0.05) is 29.8 Å². The normalized spacial score (nSPS) is 27.6. The number of amides is 2. The Morgan fingerprint density at radius 3 is 2.97 bits per heavy atom. The average Bonchev–Trinajstić information content (AvgIpc) is 3.36. The SMILES string of the molecule is COc1ccc(Cl)cc1NC(=O)[C@H]1C[C@H]2CCCN2[C@]12C(=O)Nc1ccccc12.